The Bertz CT molecular complexity index is 1180. The summed E-state index contributed by atoms with van der Waals surface area (Å²) in [5.41, 5.74) is 5.91. The molecule has 5 rings (SSSR count). The number of aromatic nitrogens is 2. The highest BCUT2D eigenvalue weighted by atomic mass is 35.5. The van der Waals surface area contributed by atoms with E-state index in [1.807, 2.05) is 18.2 Å². The van der Waals surface area contributed by atoms with E-state index < -0.39 is 6.23 Å². The number of aliphatic hydroxyl groups is 2. The van der Waals surface area contributed by atoms with Crippen LogP contribution in [0, 0.1) is 0 Å². The molecule has 1 unspecified atom stereocenters. The van der Waals surface area contributed by atoms with E-state index in [-0.39, 0.29) is 6.61 Å². The molecule has 1 aromatic heterocycles. The molecule has 1 saturated heterocycles. The monoisotopic (exact) mass is 437 g/mol. The Morgan fingerprint density at radius 2 is 1.97 bits per heavy atom. The van der Waals surface area contributed by atoms with Gasteiger partial charge in [-0.15, -0.1) is 0 Å². The number of imidazole rings is 1. The molecule has 3 heterocycles. The van der Waals surface area contributed by atoms with Crippen molar-refractivity contribution in [3.05, 3.63) is 70.6 Å². The summed E-state index contributed by atoms with van der Waals surface area (Å²) < 4.78 is 0. The molecule has 3 aromatic rings. The topological polar surface area (TPSA) is 96.4 Å². The minimum absolute atomic E-state index is 0.0664. The number of benzene rings is 2. The molecule has 0 amide bonds. The first-order valence-electron chi connectivity index (χ1n) is 10.3. The molecule has 0 saturated carbocycles. The lowest BCUT2D eigenvalue weighted by atomic mass is 9.98. The van der Waals surface area contributed by atoms with Crippen LogP contribution >= 0.6 is 11.6 Å². The lowest BCUT2D eigenvalue weighted by molar-refractivity contribution is 0.210. The van der Waals surface area contributed by atoms with Gasteiger partial charge in [-0.2, -0.15) is 0 Å². The molecule has 31 heavy (non-hydrogen) atoms. The number of hydrogen-bond donors (Lipinski definition) is 5. The van der Waals surface area contributed by atoms with Crippen molar-refractivity contribution in [1.29, 1.82) is 0 Å². The number of hydrogen-bond acceptors (Lipinski definition) is 6. The van der Waals surface area contributed by atoms with E-state index in [0.717, 1.165) is 59.6 Å². The zero-order valence-corrected chi connectivity index (χ0v) is 17.7. The summed E-state index contributed by atoms with van der Waals surface area (Å²) in [5, 5.41) is 27.0. The van der Waals surface area contributed by atoms with Crippen molar-refractivity contribution in [2.24, 2.45) is 0 Å². The van der Waals surface area contributed by atoms with E-state index in [2.05, 4.69) is 32.7 Å². The van der Waals surface area contributed by atoms with Gasteiger partial charge in [-0.1, -0.05) is 17.7 Å². The van der Waals surface area contributed by atoms with Gasteiger partial charge in [-0.25, -0.2) is 4.98 Å². The second-order valence-corrected chi connectivity index (χ2v) is 8.17. The number of anilines is 1. The second kappa shape index (κ2) is 8.36. The largest absolute Gasteiger partial charge is 0.392 e. The highest BCUT2D eigenvalue weighted by Crippen LogP contribution is 2.32. The summed E-state index contributed by atoms with van der Waals surface area (Å²) in [6, 6.07) is 11.6. The standard InChI is InChI=1S/C23H24ClN5O2/c24-19-3-1-14(13-30)9-17(19)15-10-18(23(31)26-12-15)22-27-20-4-2-16(11-21(20)28-22)29-7-5-25-6-8-29/h1-4,9-12,23,25-26,30-31H,5-8,13H2,(H,27,28). The van der Waals surface area contributed by atoms with Crippen molar-refractivity contribution in [3.63, 3.8) is 0 Å². The van der Waals surface area contributed by atoms with Gasteiger partial charge in [0.05, 0.1) is 17.6 Å². The number of fused-ring (bicyclic) bond motifs is 1. The van der Waals surface area contributed by atoms with Crippen LogP contribution in [0.4, 0.5) is 5.69 Å². The molecule has 0 spiro atoms. The zero-order valence-electron chi connectivity index (χ0n) is 16.9. The minimum Gasteiger partial charge on any atom is -0.392 e. The Hall–Kier alpha value is -2.84. The molecule has 0 radical (unpaired) electrons. The fraction of sp³-hybridized carbons (Fsp3) is 0.261. The summed E-state index contributed by atoms with van der Waals surface area (Å²) in [6.07, 6.45) is 2.71. The van der Waals surface area contributed by atoms with Gasteiger partial charge in [-0.3, -0.25) is 0 Å². The lowest BCUT2D eigenvalue weighted by Gasteiger charge is -2.29. The van der Waals surface area contributed by atoms with Crippen molar-refractivity contribution in [2.45, 2.75) is 12.8 Å². The Morgan fingerprint density at radius 3 is 2.77 bits per heavy atom. The fourth-order valence-corrected chi connectivity index (χ4v) is 4.27. The van der Waals surface area contributed by atoms with E-state index in [9.17, 15) is 10.2 Å². The second-order valence-electron chi connectivity index (χ2n) is 7.76. The Labute approximate surface area is 185 Å². The maximum Gasteiger partial charge on any atom is 0.154 e. The Balaban J connectivity index is 1.50. The van der Waals surface area contributed by atoms with Gasteiger partial charge in [0, 0.05) is 54.2 Å². The Morgan fingerprint density at radius 1 is 1.13 bits per heavy atom. The van der Waals surface area contributed by atoms with Crippen LogP contribution in [0.3, 0.4) is 0 Å². The molecule has 8 heteroatoms. The maximum atomic E-state index is 10.6. The molecule has 160 valence electrons. The quantitative estimate of drug-likeness (QED) is 0.430. The molecule has 2 aliphatic rings. The van der Waals surface area contributed by atoms with Crippen LogP contribution < -0.4 is 15.5 Å². The number of rotatable bonds is 4. The lowest BCUT2D eigenvalue weighted by Crippen LogP contribution is -2.43. The Kier molecular flexibility index (Phi) is 5.41. The molecule has 0 bridgehead atoms. The smallest absolute Gasteiger partial charge is 0.154 e. The first-order valence-corrected chi connectivity index (χ1v) is 10.7. The van der Waals surface area contributed by atoms with E-state index >= 15 is 0 Å². The highest BCUT2D eigenvalue weighted by Gasteiger charge is 2.22. The van der Waals surface area contributed by atoms with E-state index in [1.54, 1.807) is 18.3 Å². The molecule has 2 aliphatic heterocycles. The number of piperazine rings is 1. The van der Waals surface area contributed by atoms with E-state index in [0.29, 0.717) is 16.4 Å². The normalized spacial score (nSPS) is 19.2. The number of H-pyrrole nitrogens is 1. The predicted molar refractivity (Wildman–Crippen MR) is 124 cm³/mol. The van der Waals surface area contributed by atoms with Crippen LogP contribution in [0.1, 0.15) is 17.0 Å². The summed E-state index contributed by atoms with van der Waals surface area (Å²) in [6.45, 7) is 3.83. The number of aromatic amines is 1. The molecule has 1 atom stereocenters. The number of dihydropyridines is 1. The maximum absolute atomic E-state index is 10.6. The average molecular weight is 438 g/mol. The third kappa shape index (κ3) is 3.93. The van der Waals surface area contributed by atoms with Crippen LogP contribution in [0.5, 0.6) is 0 Å². The molecule has 5 N–H and O–H groups in total. The summed E-state index contributed by atoms with van der Waals surface area (Å²) in [7, 11) is 0. The van der Waals surface area contributed by atoms with Gasteiger partial charge in [-0.05, 0) is 47.5 Å². The predicted octanol–water partition coefficient (Wildman–Crippen LogP) is 2.46. The SMILES string of the molecule is OCc1ccc(Cl)c(C2=CNC(O)C(c3nc4cc(N5CCNCC5)ccc4[nH]3)=C2)c1. The number of allylic oxidation sites excluding steroid dienone is 2. The number of nitrogens with one attached hydrogen (secondary N) is 3. The van der Waals surface area contributed by atoms with Gasteiger partial charge >= 0.3 is 0 Å². The van der Waals surface area contributed by atoms with Gasteiger partial charge in [0.2, 0.25) is 0 Å². The summed E-state index contributed by atoms with van der Waals surface area (Å²) in [5.74, 6) is 0.604. The van der Waals surface area contributed by atoms with Gasteiger partial charge < -0.3 is 30.7 Å². The minimum atomic E-state index is -0.892. The van der Waals surface area contributed by atoms with Gasteiger partial charge in [0.15, 0.2) is 6.23 Å². The van der Waals surface area contributed by atoms with Crippen LogP contribution in [0.2, 0.25) is 5.02 Å². The van der Waals surface area contributed by atoms with Crippen molar-refractivity contribution in [2.75, 3.05) is 31.1 Å². The van der Waals surface area contributed by atoms with Crippen molar-refractivity contribution < 1.29 is 10.2 Å². The van der Waals surface area contributed by atoms with Crippen molar-refractivity contribution in [1.82, 2.24) is 20.6 Å². The number of aliphatic hydroxyl groups excluding tert-OH is 2. The van der Waals surface area contributed by atoms with E-state index in [1.165, 1.54) is 0 Å². The van der Waals surface area contributed by atoms with Crippen molar-refractivity contribution in [3.8, 4) is 0 Å². The fourth-order valence-electron chi connectivity index (χ4n) is 4.04. The van der Waals surface area contributed by atoms with Crippen molar-refractivity contribution >= 4 is 39.5 Å². The molecule has 1 fully saturated rings. The first kappa shape index (κ1) is 20.1. The average Bonchev–Trinajstić information content (AvgIpc) is 3.23. The summed E-state index contributed by atoms with van der Waals surface area (Å²) >= 11 is 6.40. The third-order valence-electron chi connectivity index (χ3n) is 5.75. The molecular formula is C23H24ClN5O2. The van der Waals surface area contributed by atoms with Crippen LogP contribution in [-0.2, 0) is 6.61 Å². The first-order chi connectivity index (χ1) is 15.1. The van der Waals surface area contributed by atoms with Gasteiger partial charge in [0.1, 0.15) is 5.82 Å². The third-order valence-corrected chi connectivity index (χ3v) is 6.08. The van der Waals surface area contributed by atoms with Crippen LogP contribution in [0.15, 0.2) is 48.7 Å². The molecule has 0 aliphatic carbocycles. The van der Waals surface area contributed by atoms with Crippen LogP contribution in [-0.4, -0.2) is 52.6 Å². The highest BCUT2D eigenvalue weighted by molar-refractivity contribution is 6.32. The van der Waals surface area contributed by atoms with Gasteiger partial charge in [0.25, 0.3) is 0 Å². The molecular weight excluding hydrogens is 414 g/mol. The molecule has 7 nitrogen and oxygen atoms in total. The number of nitrogens with zero attached hydrogens (tertiary/aromatic N) is 2. The molecule has 2 aromatic carbocycles. The van der Waals surface area contributed by atoms with E-state index in [4.69, 9.17) is 16.6 Å². The zero-order chi connectivity index (χ0) is 21.4. The summed E-state index contributed by atoms with van der Waals surface area (Å²) in [4.78, 5) is 10.4. The van der Waals surface area contributed by atoms with Crippen LogP contribution in [0.25, 0.3) is 22.2 Å². The number of halogens is 1.